The molecule has 1 N–H and O–H groups in total. The van der Waals surface area contributed by atoms with E-state index < -0.39 is 28.5 Å². The molecule has 41 heavy (non-hydrogen) atoms. The molecule has 0 aliphatic rings. The van der Waals surface area contributed by atoms with Crippen molar-refractivity contribution in [2.45, 2.75) is 71.0 Å². The van der Waals surface area contributed by atoms with Gasteiger partial charge in [0, 0.05) is 22.6 Å². The lowest BCUT2D eigenvalue weighted by molar-refractivity contribution is -0.140. The molecule has 10 heteroatoms. The number of anilines is 1. The largest absolute Gasteiger partial charge is 0.352 e. The second kappa shape index (κ2) is 14.2. The molecule has 0 unspecified atom stereocenters. The van der Waals surface area contributed by atoms with Gasteiger partial charge in [-0.1, -0.05) is 67.4 Å². The van der Waals surface area contributed by atoms with Crippen LogP contribution in [0.4, 0.5) is 5.69 Å². The van der Waals surface area contributed by atoms with Gasteiger partial charge in [-0.2, -0.15) is 0 Å². The maximum Gasteiger partial charge on any atom is 0.264 e. The zero-order valence-electron chi connectivity index (χ0n) is 24.0. The van der Waals surface area contributed by atoms with Crippen LogP contribution in [0.2, 0.25) is 10.0 Å². The number of nitrogens with zero attached hydrogens (tertiary/aromatic N) is 2. The summed E-state index contributed by atoms with van der Waals surface area (Å²) in [6.07, 6.45) is 1.03. The topological polar surface area (TPSA) is 86.8 Å². The van der Waals surface area contributed by atoms with Crippen molar-refractivity contribution in [3.8, 4) is 0 Å². The van der Waals surface area contributed by atoms with E-state index in [9.17, 15) is 18.0 Å². The third-order valence-corrected chi connectivity index (χ3v) is 9.51. The first kappa shape index (κ1) is 32.4. The van der Waals surface area contributed by atoms with Crippen LogP contribution >= 0.6 is 23.2 Å². The maximum atomic E-state index is 14.2. The lowest BCUT2D eigenvalue weighted by atomic mass is 10.1. The summed E-state index contributed by atoms with van der Waals surface area (Å²) in [7, 11) is -4.13. The number of nitrogens with one attached hydrogen (secondary N) is 1. The van der Waals surface area contributed by atoms with Crippen LogP contribution in [-0.4, -0.2) is 43.8 Å². The molecule has 0 radical (unpaired) electrons. The number of halogens is 2. The molecule has 0 aliphatic heterocycles. The van der Waals surface area contributed by atoms with Crippen molar-refractivity contribution in [2.75, 3.05) is 10.8 Å². The van der Waals surface area contributed by atoms with E-state index in [-0.39, 0.29) is 23.4 Å². The third kappa shape index (κ3) is 8.03. The van der Waals surface area contributed by atoms with Crippen molar-refractivity contribution in [1.29, 1.82) is 0 Å². The smallest absolute Gasteiger partial charge is 0.264 e. The van der Waals surface area contributed by atoms with Crippen molar-refractivity contribution >= 4 is 50.7 Å². The minimum absolute atomic E-state index is 0.00653. The zero-order valence-corrected chi connectivity index (χ0v) is 26.4. The van der Waals surface area contributed by atoms with Crippen LogP contribution in [0.5, 0.6) is 0 Å². The van der Waals surface area contributed by atoms with E-state index in [1.54, 1.807) is 48.5 Å². The third-order valence-electron chi connectivity index (χ3n) is 7.13. The molecule has 2 amide bonds. The number of aryl methyl sites for hydroxylation is 2. The Balaban J connectivity index is 2.10. The molecule has 3 aromatic carbocycles. The van der Waals surface area contributed by atoms with Crippen molar-refractivity contribution in [1.82, 2.24) is 10.2 Å². The molecule has 0 spiro atoms. The van der Waals surface area contributed by atoms with Gasteiger partial charge in [0.25, 0.3) is 10.0 Å². The van der Waals surface area contributed by atoms with Crippen LogP contribution in [0.25, 0.3) is 0 Å². The molecular weight excluding hydrogens is 581 g/mol. The quantitative estimate of drug-likeness (QED) is 0.250. The predicted molar refractivity (Wildman–Crippen MR) is 166 cm³/mol. The number of benzene rings is 3. The highest BCUT2D eigenvalue weighted by atomic mass is 35.5. The summed E-state index contributed by atoms with van der Waals surface area (Å²) >= 11 is 12.6. The van der Waals surface area contributed by atoms with Crippen molar-refractivity contribution < 1.29 is 18.0 Å². The number of amides is 2. The van der Waals surface area contributed by atoms with Gasteiger partial charge in [0.15, 0.2) is 0 Å². The van der Waals surface area contributed by atoms with Gasteiger partial charge in [-0.05, 0) is 86.7 Å². The summed E-state index contributed by atoms with van der Waals surface area (Å²) in [4.78, 5) is 29.0. The van der Waals surface area contributed by atoms with Gasteiger partial charge in [-0.15, -0.1) is 0 Å². The molecule has 7 nitrogen and oxygen atoms in total. The summed E-state index contributed by atoms with van der Waals surface area (Å²) in [5, 5.41) is 3.74. The van der Waals surface area contributed by atoms with E-state index in [2.05, 4.69) is 5.32 Å². The molecule has 3 aromatic rings. The van der Waals surface area contributed by atoms with E-state index in [1.807, 2.05) is 40.7 Å². The van der Waals surface area contributed by atoms with Gasteiger partial charge in [0.05, 0.1) is 10.6 Å². The molecule has 0 aliphatic carbocycles. The molecule has 0 fully saturated rings. The highest BCUT2D eigenvalue weighted by molar-refractivity contribution is 7.92. The molecule has 0 aromatic heterocycles. The normalized spacial score (nSPS) is 12.9. The number of carbonyl (C=O) groups is 2. The Hall–Kier alpha value is -3.07. The maximum absolute atomic E-state index is 14.2. The summed E-state index contributed by atoms with van der Waals surface area (Å²) in [6, 6.07) is 17.2. The fourth-order valence-electron chi connectivity index (χ4n) is 4.32. The zero-order chi connectivity index (χ0) is 30.3. The number of rotatable bonds is 12. The number of carbonyl (C=O) groups excluding carboxylic acids is 2. The van der Waals surface area contributed by atoms with E-state index >= 15 is 0 Å². The molecule has 0 saturated heterocycles. The van der Waals surface area contributed by atoms with Gasteiger partial charge >= 0.3 is 0 Å². The van der Waals surface area contributed by atoms with Gasteiger partial charge in [-0.3, -0.25) is 13.9 Å². The first-order chi connectivity index (χ1) is 19.4. The second-order valence-electron chi connectivity index (χ2n) is 10.1. The standard InChI is InChI=1S/C31H37Cl2N3O4S/c1-6-23(5)34-31(38)29(7-2)35(19-24-14-15-25(32)18-28(24)33)30(37)20-36(26-16-13-21(3)22(4)17-26)41(39,40)27-11-9-8-10-12-27/h8-18,23,29H,6-7,19-20H2,1-5H3,(H,34,38)/t23-,29-/m0/s1. The molecular formula is C31H37Cl2N3O4S. The Morgan fingerprint density at radius 2 is 1.59 bits per heavy atom. The summed E-state index contributed by atoms with van der Waals surface area (Å²) < 4.78 is 29.0. The Morgan fingerprint density at radius 1 is 0.902 bits per heavy atom. The fraction of sp³-hybridized carbons (Fsp3) is 0.355. The average Bonchev–Trinajstić information content (AvgIpc) is 2.94. The lowest BCUT2D eigenvalue weighted by Crippen LogP contribution is -2.53. The van der Waals surface area contributed by atoms with Crippen LogP contribution in [0.15, 0.2) is 71.6 Å². The highest BCUT2D eigenvalue weighted by Crippen LogP contribution is 2.28. The van der Waals surface area contributed by atoms with Crippen LogP contribution in [0.1, 0.15) is 50.3 Å². The van der Waals surface area contributed by atoms with Gasteiger partial charge in [-0.25, -0.2) is 8.42 Å². The molecule has 3 rings (SSSR count). The fourth-order valence-corrected chi connectivity index (χ4v) is 6.22. The van der Waals surface area contributed by atoms with E-state index in [1.165, 1.54) is 17.0 Å². The Morgan fingerprint density at radius 3 is 2.17 bits per heavy atom. The summed E-state index contributed by atoms with van der Waals surface area (Å²) in [6.45, 7) is 8.95. The lowest BCUT2D eigenvalue weighted by Gasteiger charge is -2.34. The van der Waals surface area contributed by atoms with Crippen molar-refractivity contribution in [3.63, 3.8) is 0 Å². The van der Waals surface area contributed by atoms with Crippen LogP contribution < -0.4 is 9.62 Å². The van der Waals surface area contributed by atoms with Gasteiger partial charge < -0.3 is 10.2 Å². The van der Waals surface area contributed by atoms with Gasteiger partial charge in [0.1, 0.15) is 12.6 Å². The van der Waals surface area contributed by atoms with E-state index in [0.29, 0.717) is 27.7 Å². The second-order valence-corrected chi connectivity index (χ2v) is 12.8. The summed E-state index contributed by atoms with van der Waals surface area (Å²) in [5.41, 5.74) is 2.81. The average molecular weight is 619 g/mol. The SMILES string of the molecule is CC[C@H](C)NC(=O)[C@H](CC)N(Cc1ccc(Cl)cc1Cl)C(=O)CN(c1ccc(C)c(C)c1)S(=O)(=O)c1ccccc1. The van der Waals surface area contributed by atoms with E-state index in [0.717, 1.165) is 21.9 Å². The number of hydrogen-bond donors (Lipinski definition) is 1. The first-order valence-corrected chi connectivity index (χ1v) is 15.8. The minimum atomic E-state index is -4.13. The molecule has 0 heterocycles. The molecule has 220 valence electrons. The van der Waals surface area contributed by atoms with Crippen LogP contribution in [0.3, 0.4) is 0 Å². The van der Waals surface area contributed by atoms with E-state index in [4.69, 9.17) is 23.2 Å². The van der Waals surface area contributed by atoms with Crippen LogP contribution in [-0.2, 0) is 26.2 Å². The molecule has 0 bridgehead atoms. The number of hydrogen-bond acceptors (Lipinski definition) is 4. The monoisotopic (exact) mass is 617 g/mol. The molecule has 0 saturated carbocycles. The van der Waals surface area contributed by atoms with Gasteiger partial charge in [0.2, 0.25) is 11.8 Å². The Bertz CT molecular complexity index is 1480. The van der Waals surface area contributed by atoms with Crippen LogP contribution in [0, 0.1) is 13.8 Å². The van der Waals surface area contributed by atoms with Crippen molar-refractivity contribution in [3.05, 3.63) is 93.5 Å². The Kier molecular flexibility index (Phi) is 11.2. The van der Waals surface area contributed by atoms with Crippen molar-refractivity contribution in [2.24, 2.45) is 0 Å². The molecule has 2 atom stereocenters. The number of sulfonamides is 1. The Labute approximate surface area is 253 Å². The first-order valence-electron chi connectivity index (χ1n) is 13.6. The highest BCUT2D eigenvalue weighted by Gasteiger charge is 2.34. The predicted octanol–water partition coefficient (Wildman–Crippen LogP) is 6.53. The summed E-state index contributed by atoms with van der Waals surface area (Å²) in [5.74, 6) is -0.858. The minimum Gasteiger partial charge on any atom is -0.352 e.